The van der Waals surface area contributed by atoms with Gasteiger partial charge in [-0.15, -0.1) is 0 Å². The van der Waals surface area contributed by atoms with Gasteiger partial charge < -0.3 is 18.9 Å². The third-order valence-corrected chi connectivity index (χ3v) is 3.88. The number of methoxy groups -OCH3 is 2. The molecule has 0 N–H and O–H groups in total. The van der Waals surface area contributed by atoms with Crippen molar-refractivity contribution in [3.05, 3.63) is 64.7 Å². The maximum atomic E-state index is 11.7. The van der Waals surface area contributed by atoms with E-state index in [0.717, 1.165) is 5.56 Å². The molecule has 2 rings (SSSR count). The number of rotatable bonds is 8. The second-order valence-electron chi connectivity index (χ2n) is 5.78. The lowest BCUT2D eigenvalue weighted by Gasteiger charge is -2.12. The Labute approximate surface area is 169 Å². The van der Waals surface area contributed by atoms with Gasteiger partial charge in [0.05, 0.1) is 26.4 Å². The molecule has 0 fully saturated rings. The predicted octanol–water partition coefficient (Wildman–Crippen LogP) is 3.53. The van der Waals surface area contributed by atoms with Crippen LogP contribution in [0.2, 0.25) is 0 Å². The molecule has 0 aromatic heterocycles. The van der Waals surface area contributed by atoms with Crippen LogP contribution in [0.1, 0.15) is 28.4 Å². The minimum atomic E-state index is -0.676. The van der Waals surface area contributed by atoms with Crippen molar-refractivity contribution in [3.63, 3.8) is 0 Å². The van der Waals surface area contributed by atoms with Crippen LogP contribution in [-0.2, 0) is 20.9 Å². The van der Waals surface area contributed by atoms with Crippen LogP contribution in [0, 0.1) is 11.3 Å². The maximum Gasteiger partial charge on any atom is 0.348 e. The zero-order valence-corrected chi connectivity index (χ0v) is 16.4. The van der Waals surface area contributed by atoms with Crippen molar-refractivity contribution < 1.29 is 28.5 Å². The molecule has 0 heterocycles. The van der Waals surface area contributed by atoms with Gasteiger partial charge in [0.15, 0.2) is 11.5 Å². The molecule has 2 aromatic carbocycles. The number of hydrogen-bond acceptors (Lipinski definition) is 7. The lowest BCUT2D eigenvalue weighted by molar-refractivity contribution is -0.137. The van der Waals surface area contributed by atoms with Gasteiger partial charge in [-0.25, -0.2) is 9.59 Å². The Hall–Kier alpha value is -3.79. The van der Waals surface area contributed by atoms with Crippen molar-refractivity contribution in [1.29, 1.82) is 5.26 Å². The molecule has 0 aliphatic rings. The first-order valence-electron chi connectivity index (χ1n) is 8.79. The quantitative estimate of drug-likeness (QED) is 0.383. The van der Waals surface area contributed by atoms with E-state index in [9.17, 15) is 9.59 Å². The molecule has 7 nitrogen and oxygen atoms in total. The SMILES string of the molecule is CCOC(=O)/C(C#N)=C/c1ccc(OCc2ccc(C(=O)OC)cc2)c(OC)c1. The summed E-state index contributed by atoms with van der Waals surface area (Å²) in [7, 11) is 2.83. The van der Waals surface area contributed by atoms with E-state index in [1.807, 2.05) is 6.07 Å². The van der Waals surface area contributed by atoms with Crippen LogP contribution in [0.15, 0.2) is 48.0 Å². The molecule has 0 amide bonds. The summed E-state index contributed by atoms with van der Waals surface area (Å²) in [4.78, 5) is 23.2. The Morgan fingerprint density at radius 2 is 1.79 bits per heavy atom. The molecule has 0 radical (unpaired) electrons. The fourth-order valence-electron chi connectivity index (χ4n) is 2.42. The number of carbonyl (C=O) groups is 2. The molecule has 0 bridgehead atoms. The largest absolute Gasteiger partial charge is 0.493 e. The highest BCUT2D eigenvalue weighted by Crippen LogP contribution is 2.29. The standard InChI is InChI=1S/C22H21NO6/c1-4-28-22(25)18(13-23)11-16-7-10-19(20(12-16)26-2)29-14-15-5-8-17(9-6-15)21(24)27-3/h5-12H,4,14H2,1-3H3/b18-11+. The van der Waals surface area contributed by atoms with E-state index in [0.29, 0.717) is 22.6 Å². The molecular formula is C22H21NO6. The van der Waals surface area contributed by atoms with E-state index in [-0.39, 0.29) is 18.8 Å². The van der Waals surface area contributed by atoms with Crippen LogP contribution in [0.3, 0.4) is 0 Å². The number of carbonyl (C=O) groups excluding carboxylic acids is 2. The molecule has 0 atom stereocenters. The van der Waals surface area contributed by atoms with Gasteiger partial charge in [0.1, 0.15) is 18.2 Å². The summed E-state index contributed by atoms with van der Waals surface area (Å²) in [5.41, 5.74) is 1.81. The molecule has 0 aliphatic heterocycles. The number of nitrogens with zero attached hydrogens (tertiary/aromatic N) is 1. The molecule has 2 aromatic rings. The zero-order chi connectivity index (χ0) is 21.2. The number of ether oxygens (including phenoxy) is 4. The van der Waals surface area contributed by atoms with Crippen LogP contribution in [-0.4, -0.2) is 32.8 Å². The smallest absolute Gasteiger partial charge is 0.348 e. The lowest BCUT2D eigenvalue weighted by Crippen LogP contribution is -2.06. The third-order valence-electron chi connectivity index (χ3n) is 3.88. The highest BCUT2D eigenvalue weighted by Gasteiger charge is 2.12. The molecular weight excluding hydrogens is 374 g/mol. The topological polar surface area (TPSA) is 94.9 Å². The Balaban J connectivity index is 2.13. The monoisotopic (exact) mass is 395 g/mol. The van der Waals surface area contributed by atoms with Crippen LogP contribution in [0.5, 0.6) is 11.5 Å². The maximum absolute atomic E-state index is 11.7. The van der Waals surface area contributed by atoms with E-state index in [1.54, 1.807) is 49.4 Å². The van der Waals surface area contributed by atoms with Gasteiger partial charge in [-0.3, -0.25) is 0 Å². The summed E-state index contributed by atoms with van der Waals surface area (Å²) >= 11 is 0. The molecule has 7 heteroatoms. The van der Waals surface area contributed by atoms with Gasteiger partial charge >= 0.3 is 11.9 Å². The van der Waals surface area contributed by atoms with E-state index in [4.69, 9.17) is 19.5 Å². The number of nitriles is 1. The lowest BCUT2D eigenvalue weighted by atomic mass is 10.1. The molecule has 0 saturated carbocycles. The molecule has 0 saturated heterocycles. The summed E-state index contributed by atoms with van der Waals surface area (Å²) in [6, 6.07) is 13.7. The summed E-state index contributed by atoms with van der Waals surface area (Å²) in [6.45, 7) is 2.12. The van der Waals surface area contributed by atoms with Gasteiger partial charge in [-0.1, -0.05) is 18.2 Å². The van der Waals surface area contributed by atoms with Gasteiger partial charge in [0.2, 0.25) is 0 Å². The Bertz CT molecular complexity index is 941. The summed E-state index contributed by atoms with van der Waals surface area (Å²) in [6.07, 6.45) is 1.43. The fraction of sp³-hybridized carbons (Fsp3) is 0.227. The average molecular weight is 395 g/mol. The van der Waals surface area contributed by atoms with Gasteiger partial charge in [0, 0.05) is 0 Å². The van der Waals surface area contributed by atoms with Gasteiger partial charge in [0.25, 0.3) is 0 Å². The highest BCUT2D eigenvalue weighted by atomic mass is 16.5. The first-order valence-corrected chi connectivity index (χ1v) is 8.79. The molecule has 0 spiro atoms. The Kier molecular flexibility index (Phi) is 7.80. The van der Waals surface area contributed by atoms with E-state index in [2.05, 4.69) is 4.74 Å². The van der Waals surface area contributed by atoms with Gasteiger partial charge in [-0.2, -0.15) is 5.26 Å². The average Bonchev–Trinajstić information content (AvgIpc) is 2.76. The van der Waals surface area contributed by atoms with Crippen LogP contribution >= 0.6 is 0 Å². The zero-order valence-electron chi connectivity index (χ0n) is 16.4. The molecule has 0 unspecified atom stereocenters. The number of benzene rings is 2. The minimum absolute atomic E-state index is 0.103. The number of esters is 2. The normalized spacial score (nSPS) is 10.6. The first-order chi connectivity index (χ1) is 14.0. The number of hydrogen-bond donors (Lipinski definition) is 0. The second kappa shape index (κ2) is 10.5. The Morgan fingerprint density at radius 1 is 1.07 bits per heavy atom. The van der Waals surface area contributed by atoms with Crippen molar-refractivity contribution >= 4 is 18.0 Å². The van der Waals surface area contributed by atoms with Crippen molar-refractivity contribution in [1.82, 2.24) is 0 Å². The minimum Gasteiger partial charge on any atom is -0.493 e. The van der Waals surface area contributed by atoms with Crippen LogP contribution < -0.4 is 9.47 Å². The van der Waals surface area contributed by atoms with Crippen LogP contribution in [0.4, 0.5) is 0 Å². The molecule has 0 aliphatic carbocycles. The molecule has 29 heavy (non-hydrogen) atoms. The van der Waals surface area contributed by atoms with E-state index in [1.165, 1.54) is 20.3 Å². The van der Waals surface area contributed by atoms with Crippen molar-refractivity contribution in [3.8, 4) is 17.6 Å². The van der Waals surface area contributed by atoms with Crippen molar-refractivity contribution in [2.45, 2.75) is 13.5 Å². The molecule has 150 valence electrons. The van der Waals surface area contributed by atoms with Crippen LogP contribution in [0.25, 0.3) is 6.08 Å². The summed E-state index contributed by atoms with van der Waals surface area (Å²) < 4.78 is 20.7. The van der Waals surface area contributed by atoms with Gasteiger partial charge in [-0.05, 0) is 48.4 Å². The predicted molar refractivity (Wildman–Crippen MR) is 105 cm³/mol. The third kappa shape index (κ3) is 5.84. The first kappa shape index (κ1) is 21.5. The second-order valence-corrected chi connectivity index (χ2v) is 5.78. The fourth-order valence-corrected chi connectivity index (χ4v) is 2.42. The summed E-state index contributed by atoms with van der Waals surface area (Å²) in [5, 5.41) is 9.14. The van der Waals surface area contributed by atoms with Crippen molar-refractivity contribution in [2.24, 2.45) is 0 Å². The van der Waals surface area contributed by atoms with E-state index >= 15 is 0 Å². The van der Waals surface area contributed by atoms with Crippen molar-refractivity contribution in [2.75, 3.05) is 20.8 Å². The Morgan fingerprint density at radius 3 is 2.38 bits per heavy atom. The highest BCUT2D eigenvalue weighted by molar-refractivity contribution is 5.98. The van der Waals surface area contributed by atoms with E-state index < -0.39 is 11.9 Å². The summed E-state index contributed by atoms with van der Waals surface area (Å²) in [5.74, 6) is -0.130.